The maximum absolute atomic E-state index is 13.6. The van der Waals surface area contributed by atoms with Crippen LogP contribution in [0.5, 0.6) is 17.4 Å². The van der Waals surface area contributed by atoms with Crippen molar-refractivity contribution in [3.05, 3.63) is 124 Å². The lowest BCUT2D eigenvalue weighted by Crippen LogP contribution is -2.22. The molecular formula is C33H22N4O4. The summed E-state index contributed by atoms with van der Waals surface area (Å²) in [4.78, 5) is 23.2. The number of aromatic nitrogens is 4. The molecule has 1 aliphatic rings. The quantitative estimate of drug-likeness (QED) is 0.229. The van der Waals surface area contributed by atoms with E-state index in [2.05, 4.69) is 29.2 Å². The highest BCUT2D eigenvalue weighted by Gasteiger charge is 2.37. The van der Waals surface area contributed by atoms with Gasteiger partial charge in [0.2, 0.25) is 5.88 Å². The van der Waals surface area contributed by atoms with Crippen molar-refractivity contribution in [3.8, 4) is 28.8 Å². The van der Waals surface area contributed by atoms with E-state index in [1.54, 1.807) is 16.9 Å². The fourth-order valence-electron chi connectivity index (χ4n) is 5.64. The molecule has 0 spiro atoms. The third-order valence-corrected chi connectivity index (χ3v) is 7.49. The maximum Gasteiger partial charge on any atom is 0.344 e. The Morgan fingerprint density at radius 2 is 1.71 bits per heavy atom. The summed E-state index contributed by atoms with van der Waals surface area (Å²) in [5, 5.41) is 7.69. The van der Waals surface area contributed by atoms with Gasteiger partial charge in [0.05, 0.1) is 29.0 Å². The largest absolute Gasteiger partial charge is 0.494 e. The van der Waals surface area contributed by atoms with Crippen LogP contribution in [0.15, 0.2) is 107 Å². The van der Waals surface area contributed by atoms with Gasteiger partial charge in [0.1, 0.15) is 17.7 Å². The van der Waals surface area contributed by atoms with E-state index < -0.39 is 11.5 Å². The van der Waals surface area contributed by atoms with Gasteiger partial charge >= 0.3 is 5.63 Å². The van der Waals surface area contributed by atoms with Gasteiger partial charge in [-0.25, -0.2) is 19.3 Å². The summed E-state index contributed by atoms with van der Waals surface area (Å²) in [6, 6.07) is 29.3. The molecule has 1 unspecified atom stereocenters. The van der Waals surface area contributed by atoms with Crippen LogP contribution in [-0.4, -0.2) is 26.2 Å². The predicted octanol–water partition coefficient (Wildman–Crippen LogP) is 6.74. The second kappa shape index (κ2) is 9.02. The number of nitrogens with zero attached hydrogens (tertiary/aromatic N) is 4. The molecule has 0 N–H and O–H groups in total. The Balaban J connectivity index is 1.38. The third-order valence-electron chi connectivity index (χ3n) is 7.49. The summed E-state index contributed by atoms with van der Waals surface area (Å²) in [6.07, 6.45) is 1.60. The van der Waals surface area contributed by atoms with Crippen molar-refractivity contribution >= 4 is 27.4 Å². The number of rotatable bonds is 4. The van der Waals surface area contributed by atoms with Gasteiger partial charge in [-0.05, 0) is 53.6 Å². The number of para-hydroxylation sites is 1. The minimum atomic E-state index is -0.560. The van der Waals surface area contributed by atoms with Crippen LogP contribution in [0, 0.1) is 0 Å². The smallest absolute Gasteiger partial charge is 0.344 e. The predicted molar refractivity (Wildman–Crippen MR) is 155 cm³/mol. The minimum absolute atomic E-state index is 0.372. The number of ether oxygens (including phenoxy) is 2. The van der Waals surface area contributed by atoms with Gasteiger partial charge in [0.25, 0.3) is 0 Å². The van der Waals surface area contributed by atoms with Gasteiger partial charge in [0.15, 0.2) is 17.2 Å². The molecular weight excluding hydrogens is 516 g/mol. The summed E-state index contributed by atoms with van der Waals surface area (Å²) in [5.41, 5.74) is 3.30. The standard InChI is InChI=1S/C33H22N4O4/c1-2-39-23-15-13-20(14-16-23)26-27-29(24-9-5-6-10-25(24)40-33(27)38)41-32-28(26)31-35-30(36-37(31)18-34-32)22-12-11-19-7-3-4-8-21(19)17-22/h3-18,26H,2H2,1H3. The van der Waals surface area contributed by atoms with Crippen molar-refractivity contribution in [3.63, 3.8) is 0 Å². The zero-order valence-electron chi connectivity index (χ0n) is 21.9. The van der Waals surface area contributed by atoms with Crippen LogP contribution < -0.4 is 15.1 Å². The van der Waals surface area contributed by atoms with Crippen molar-refractivity contribution in [1.82, 2.24) is 19.6 Å². The number of hydrogen-bond donors (Lipinski definition) is 0. The van der Waals surface area contributed by atoms with Crippen LogP contribution >= 0.6 is 0 Å². The van der Waals surface area contributed by atoms with Crippen molar-refractivity contribution < 1.29 is 13.9 Å². The Morgan fingerprint density at radius 3 is 2.56 bits per heavy atom. The molecule has 0 radical (unpaired) electrons. The molecule has 0 saturated carbocycles. The molecule has 0 fully saturated rings. The van der Waals surface area contributed by atoms with E-state index in [4.69, 9.17) is 24.0 Å². The maximum atomic E-state index is 13.6. The highest BCUT2D eigenvalue weighted by molar-refractivity contribution is 5.88. The van der Waals surface area contributed by atoms with Crippen LogP contribution in [0.3, 0.4) is 0 Å². The first-order valence-electron chi connectivity index (χ1n) is 13.4. The van der Waals surface area contributed by atoms with E-state index in [9.17, 15) is 4.79 Å². The van der Waals surface area contributed by atoms with Crippen LogP contribution in [0.4, 0.5) is 0 Å². The van der Waals surface area contributed by atoms with E-state index in [0.717, 1.165) is 27.6 Å². The average Bonchev–Trinajstić information content (AvgIpc) is 3.45. The summed E-state index contributed by atoms with van der Waals surface area (Å²) in [5.74, 6) is 1.54. The monoisotopic (exact) mass is 538 g/mol. The SMILES string of the molecule is CCOc1ccc(C2c3c(c4ccccc4oc3=O)Oc3ncn4nc(-c5ccc6ccccc6c5)nc4c32)cc1. The van der Waals surface area contributed by atoms with Crippen molar-refractivity contribution in [1.29, 1.82) is 0 Å². The van der Waals surface area contributed by atoms with Crippen LogP contribution in [-0.2, 0) is 0 Å². The fraction of sp³-hybridized carbons (Fsp3) is 0.0909. The molecule has 1 aliphatic heterocycles. The number of hydrogen-bond acceptors (Lipinski definition) is 7. The fourth-order valence-corrected chi connectivity index (χ4v) is 5.64. The molecule has 0 bridgehead atoms. The summed E-state index contributed by atoms with van der Waals surface area (Å²) >= 11 is 0. The number of benzene rings is 4. The number of fused-ring (bicyclic) bond motifs is 7. The molecule has 7 aromatic rings. The molecule has 4 aromatic carbocycles. The highest BCUT2D eigenvalue weighted by Crippen LogP contribution is 2.49. The van der Waals surface area contributed by atoms with Gasteiger partial charge in [0, 0.05) is 5.56 Å². The molecule has 0 aliphatic carbocycles. The molecule has 8 nitrogen and oxygen atoms in total. The van der Waals surface area contributed by atoms with E-state index >= 15 is 0 Å². The second-order valence-corrected chi connectivity index (χ2v) is 9.89. The Morgan fingerprint density at radius 1 is 0.902 bits per heavy atom. The Labute approximate surface area is 233 Å². The normalized spacial score (nSPS) is 14.1. The molecule has 8 heteroatoms. The van der Waals surface area contributed by atoms with E-state index in [1.807, 2.05) is 67.6 Å². The van der Waals surface area contributed by atoms with Crippen molar-refractivity contribution in [2.75, 3.05) is 6.61 Å². The molecule has 0 amide bonds. The first kappa shape index (κ1) is 23.4. The molecule has 0 saturated heterocycles. The van der Waals surface area contributed by atoms with E-state index in [-0.39, 0.29) is 0 Å². The second-order valence-electron chi connectivity index (χ2n) is 9.89. The van der Waals surface area contributed by atoms with Gasteiger partial charge in [-0.2, -0.15) is 0 Å². The lowest BCUT2D eigenvalue weighted by atomic mass is 9.84. The van der Waals surface area contributed by atoms with E-state index in [1.165, 1.54) is 0 Å². The van der Waals surface area contributed by atoms with Crippen LogP contribution in [0.2, 0.25) is 0 Å². The first-order valence-corrected chi connectivity index (χ1v) is 13.4. The Bertz CT molecular complexity index is 2180. The van der Waals surface area contributed by atoms with Gasteiger partial charge < -0.3 is 13.9 Å². The Kier molecular flexibility index (Phi) is 5.15. The third kappa shape index (κ3) is 3.68. The summed E-state index contributed by atoms with van der Waals surface area (Å²) in [7, 11) is 0. The van der Waals surface area contributed by atoms with Crippen molar-refractivity contribution in [2.45, 2.75) is 12.8 Å². The lowest BCUT2D eigenvalue weighted by Gasteiger charge is -2.27. The lowest BCUT2D eigenvalue weighted by molar-refractivity contribution is 0.340. The molecule has 1 atom stereocenters. The van der Waals surface area contributed by atoms with Crippen LogP contribution in [0.25, 0.3) is 38.8 Å². The molecule has 3 aromatic heterocycles. The topological polar surface area (TPSA) is 91.8 Å². The summed E-state index contributed by atoms with van der Waals surface area (Å²) < 4.78 is 19.5. The minimum Gasteiger partial charge on any atom is -0.494 e. The van der Waals surface area contributed by atoms with Crippen LogP contribution in [0.1, 0.15) is 29.5 Å². The average molecular weight is 539 g/mol. The van der Waals surface area contributed by atoms with Gasteiger partial charge in [-0.15, -0.1) is 5.10 Å². The van der Waals surface area contributed by atoms with Crippen molar-refractivity contribution in [2.24, 2.45) is 0 Å². The zero-order valence-corrected chi connectivity index (χ0v) is 21.9. The zero-order chi connectivity index (χ0) is 27.5. The highest BCUT2D eigenvalue weighted by atomic mass is 16.5. The van der Waals surface area contributed by atoms with E-state index in [0.29, 0.717) is 51.8 Å². The van der Waals surface area contributed by atoms with Gasteiger partial charge in [-0.1, -0.05) is 60.7 Å². The van der Waals surface area contributed by atoms with Gasteiger partial charge in [-0.3, -0.25) is 0 Å². The first-order chi connectivity index (χ1) is 20.2. The molecule has 198 valence electrons. The summed E-state index contributed by atoms with van der Waals surface area (Å²) in [6.45, 7) is 2.50. The molecule has 41 heavy (non-hydrogen) atoms. The molecule has 8 rings (SSSR count). The molecule has 4 heterocycles. The Hall–Kier alpha value is -5.50.